The first-order valence-electron chi connectivity index (χ1n) is 5.93. The highest BCUT2D eigenvalue weighted by Crippen LogP contribution is 1.99. The zero-order valence-electron chi connectivity index (χ0n) is 10.1. The molecule has 1 aliphatic rings. The third kappa shape index (κ3) is 3.83. The molecular weight excluding hydrogens is 218 g/mol. The van der Waals surface area contributed by atoms with Gasteiger partial charge in [-0.15, -0.1) is 0 Å². The zero-order chi connectivity index (χ0) is 12.1. The largest absolute Gasteiger partial charge is 0.369 e. The minimum Gasteiger partial charge on any atom is -0.369 e. The monoisotopic (exact) mass is 237 g/mol. The van der Waals surface area contributed by atoms with E-state index >= 15 is 0 Å². The van der Waals surface area contributed by atoms with Crippen LogP contribution in [0.2, 0.25) is 0 Å². The maximum atomic E-state index is 11.0. The van der Waals surface area contributed by atoms with E-state index in [9.17, 15) is 4.79 Å². The van der Waals surface area contributed by atoms with Crippen molar-refractivity contribution >= 4 is 5.82 Å². The second-order valence-corrected chi connectivity index (χ2v) is 4.37. The molecule has 0 radical (unpaired) electrons. The molecule has 1 aromatic heterocycles. The number of aromatic nitrogens is 2. The fourth-order valence-corrected chi connectivity index (χ4v) is 1.88. The SMILES string of the molecule is CN1CCN(CCNc2cc(=O)[nH]cn2)CC1. The molecule has 0 atom stereocenters. The molecule has 2 heterocycles. The first kappa shape index (κ1) is 12.1. The van der Waals surface area contributed by atoms with Gasteiger partial charge in [0.15, 0.2) is 0 Å². The summed E-state index contributed by atoms with van der Waals surface area (Å²) < 4.78 is 0. The Labute approximate surface area is 101 Å². The van der Waals surface area contributed by atoms with Crippen LogP contribution in [0.5, 0.6) is 0 Å². The summed E-state index contributed by atoms with van der Waals surface area (Å²) in [6.45, 7) is 6.29. The number of nitrogens with zero attached hydrogens (tertiary/aromatic N) is 3. The van der Waals surface area contributed by atoms with E-state index in [1.54, 1.807) is 0 Å². The Kier molecular flexibility index (Phi) is 4.11. The van der Waals surface area contributed by atoms with Crippen molar-refractivity contribution in [2.24, 2.45) is 0 Å². The average molecular weight is 237 g/mol. The summed E-state index contributed by atoms with van der Waals surface area (Å²) in [5.74, 6) is 0.642. The Morgan fingerprint density at radius 2 is 2.18 bits per heavy atom. The Morgan fingerprint density at radius 3 is 2.88 bits per heavy atom. The first-order chi connectivity index (χ1) is 8.24. The van der Waals surface area contributed by atoms with Crippen LogP contribution < -0.4 is 10.9 Å². The molecule has 6 heteroatoms. The maximum Gasteiger partial charge on any atom is 0.252 e. The predicted octanol–water partition coefficient (Wildman–Crippen LogP) is -0.571. The van der Waals surface area contributed by atoms with Crippen molar-refractivity contribution in [3.63, 3.8) is 0 Å². The number of H-pyrrole nitrogens is 1. The van der Waals surface area contributed by atoms with Gasteiger partial charge < -0.3 is 15.2 Å². The van der Waals surface area contributed by atoms with Crippen LogP contribution >= 0.6 is 0 Å². The number of likely N-dealkylation sites (N-methyl/N-ethyl adjacent to an activating group) is 1. The van der Waals surface area contributed by atoms with Gasteiger partial charge in [-0.3, -0.25) is 9.69 Å². The minimum absolute atomic E-state index is 0.123. The molecule has 0 spiro atoms. The minimum atomic E-state index is -0.123. The molecule has 6 nitrogen and oxygen atoms in total. The highest BCUT2D eigenvalue weighted by atomic mass is 16.1. The molecule has 0 aliphatic carbocycles. The zero-order valence-corrected chi connectivity index (χ0v) is 10.1. The van der Waals surface area contributed by atoms with Crippen molar-refractivity contribution < 1.29 is 0 Å². The van der Waals surface area contributed by atoms with Gasteiger partial charge in [0.05, 0.1) is 6.33 Å². The lowest BCUT2D eigenvalue weighted by molar-refractivity contribution is 0.158. The lowest BCUT2D eigenvalue weighted by Gasteiger charge is -2.32. The van der Waals surface area contributed by atoms with Gasteiger partial charge in [-0.1, -0.05) is 0 Å². The number of nitrogens with one attached hydrogen (secondary N) is 2. The number of anilines is 1. The summed E-state index contributed by atoms with van der Waals surface area (Å²) in [4.78, 5) is 22.3. The van der Waals surface area contributed by atoms with Crippen molar-refractivity contribution in [3.05, 3.63) is 22.7 Å². The Hall–Kier alpha value is -1.40. The molecule has 1 saturated heterocycles. The molecule has 2 rings (SSSR count). The molecule has 1 fully saturated rings. The number of rotatable bonds is 4. The van der Waals surface area contributed by atoms with Gasteiger partial charge in [0.25, 0.3) is 5.56 Å². The molecule has 0 unspecified atom stereocenters. The summed E-state index contributed by atoms with van der Waals surface area (Å²) in [5.41, 5.74) is -0.123. The summed E-state index contributed by atoms with van der Waals surface area (Å²) in [6, 6.07) is 1.48. The summed E-state index contributed by atoms with van der Waals surface area (Å²) >= 11 is 0. The average Bonchev–Trinajstić information content (AvgIpc) is 2.32. The molecular formula is C11H19N5O. The van der Waals surface area contributed by atoms with E-state index in [0.717, 1.165) is 39.3 Å². The highest BCUT2D eigenvalue weighted by Gasteiger charge is 2.12. The van der Waals surface area contributed by atoms with Crippen molar-refractivity contribution in [1.29, 1.82) is 0 Å². The van der Waals surface area contributed by atoms with E-state index in [2.05, 4.69) is 32.1 Å². The summed E-state index contributed by atoms with van der Waals surface area (Å²) in [5, 5.41) is 3.16. The Balaban J connectivity index is 1.71. The standard InChI is InChI=1S/C11H19N5O/c1-15-4-6-16(7-5-15)3-2-12-10-8-11(17)14-9-13-10/h8-9H,2-7H2,1H3,(H2,12,13,14,17). The second kappa shape index (κ2) is 5.79. The van der Waals surface area contributed by atoms with Crippen molar-refractivity contribution in [3.8, 4) is 0 Å². The maximum absolute atomic E-state index is 11.0. The van der Waals surface area contributed by atoms with Crippen LogP contribution in [-0.2, 0) is 0 Å². The van der Waals surface area contributed by atoms with Crippen molar-refractivity contribution in [1.82, 2.24) is 19.8 Å². The predicted molar refractivity (Wildman–Crippen MR) is 67.3 cm³/mol. The van der Waals surface area contributed by atoms with Gasteiger partial charge in [-0.05, 0) is 7.05 Å². The van der Waals surface area contributed by atoms with Crippen LogP contribution in [0.15, 0.2) is 17.2 Å². The third-order valence-electron chi connectivity index (χ3n) is 3.01. The summed E-state index contributed by atoms with van der Waals surface area (Å²) in [7, 11) is 2.15. The smallest absolute Gasteiger partial charge is 0.252 e. The molecule has 0 aromatic carbocycles. The van der Waals surface area contributed by atoms with Crippen molar-refractivity contribution in [2.45, 2.75) is 0 Å². The Morgan fingerprint density at radius 1 is 1.41 bits per heavy atom. The van der Waals surface area contributed by atoms with Gasteiger partial charge >= 0.3 is 0 Å². The molecule has 1 aromatic rings. The quantitative estimate of drug-likeness (QED) is 0.734. The fraction of sp³-hybridized carbons (Fsp3) is 0.636. The number of piperazine rings is 1. The van der Waals surface area contributed by atoms with E-state index < -0.39 is 0 Å². The van der Waals surface area contributed by atoms with Crippen molar-refractivity contribution in [2.75, 3.05) is 51.6 Å². The van der Waals surface area contributed by atoms with Gasteiger partial charge in [-0.2, -0.15) is 0 Å². The molecule has 2 N–H and O–H groups in total. The summed E-state index contributed by atoms with van der Waals surface area (Å²) in [6.07, 6.45) is 1.42. The van der Waals surface area contributed by atoms with Crippen LogP contribution in [0.3, 0.4) is 0 Å². The first-order valence-corrected chi connectivity index (χ1v) is 5.93. The normalized spacial score (nSPS) is 18.2. The molecule has 0 amide bonds. The van der Waals surface area contributed by atoms with Crippen LogP contribution in [0, 0.1) is 0 Å². The lowest BCUT2D eigenvalue weighted by Crippen LogP contribution is -2.45. The number of aromatic amines is 1. The van der Waals surface area contributed by atoms with Gasteiger partial charge in [0.2, 0.25) is 0 Å². The van der Waals surface area contributed by atoms with E-state index in [-0.39, 0.29) is 5.56 Å². The van der Waals surface area contributed by atoms with E-state index in [4.69, 9.17) is 0 Å². The van der Waals surface area contributed by atoms with Gasteiger partial charge in [-0.25, -0.2) is 4.98 Å². The Bertz CT molecular complexity index is 397. The lowest BCUT2D eigenvalue weighted by atomic mass is 10.3. The fourth-order valence-electron chi connectivity index (χ4n) is 1.88. The number of hydrogen-bond donors (Lipinski definition) is 2. The molecule has 0 bridgehead atoms. The topological polar surface area (TPSA) is 64.3 Å². The second-order valence-electron chi connectivity index (χ2n) is 4.37. The van der Waals surface area contributed by atoms with Crippen LogP contribution in [0.4, 0.5) is 5.82 Å². The van der Waals surface area contributed by atoms with E-state index in [1.807, 2.05) is 0 Å². The molecule has 0 saturated carbocycles. The van der Waals surface area contributed by atoms with Gasteiger partial charge in [0.1, 0.15) is 5.82 Å². The highest BCUT2D eigenvalue weighted by molar-refractivity contribution is 5.31. The number of hydrogen-bond acceptors (Lipinski definition) is 5. The van der Waals surface area contributed by atoms with E-state index in [0.29, 0.717) is 5.82 Å². The molecule has 1 aliphatic heterocycles. The van der Waals surface area contributed by atoms with Crippen LogP contribution in [0.1, 0.15) is 0 Å². The van der Waals surface area contributed by atoms with E-state index in [1.165, 1.54) is 12.4 Å². The third-order valence-corrected chi connectivity index (χ3v) is 3.01. The molecule has 17 heavy (non-hydrogen) atoms. The van der Waals surface area contributed by atoms with Crippen LogP contribution in [0.25, 0.3) is 0 Å². The molecule has 94 valence electrons. The van der Waals surface area contributed by atoms with Crippen LogP contribution in [-0.4, -0.2) is 66.1 Å². The van der Waals surface area contributed by atoms with Gasteiger partial charge in [0, 0.05) is 45.3 Å².